The van der Waals surface area contributed by atoms with Gasteiger partial charge in [-0.15, -0.1) is 0 Å². The van der Waals surface area contributed by atoms with Gasteiger partial charge in [0.2, 0.25) is 0 Å². The Bertz CT molecular complexity index is 201. The van der Waals surface area contributed by atoms with Crippen LogP contribution in [0.15, 0.2) is 35.3 Å². The Labute approximate surface area is 61.4 Å². The molecule has 0 bridgehead atoms. The van der Waals surface area contributed by atoms with E-state index in [9.17, 15) is 0 Å². The maximum absolute atomic E-state index is 4.12. The van der Waals surface area contributed by atoms with Gasteiger partial charge in [-0.25, -0.2) is 0 Å². The van der Waals surface area contributed by atoms with Crippen LogP contribution in [0, 0.1) is 0 Å². The number of benzene rings is 1. The fraction of sp³-hybridized carbons (Fsp3) is 0.222. The lowest BCUT2D eigenvalue weighted by Gasteiger charge is -1.92. The molecule has 52 valence electrons. The van der Waals surface area contributed by atoms with Crippen molar-refractivity contribution in [3.63, 3.8) is 0 Å². The van der Waals surface area contributed by atoms with Gasteiger partial charge >= 0.3 is 0 Å². The fourth-order valence-electron chi connectivity index (χ4n) is 0.780. The number of rotatable bonds is 2. The number of nitrogens with zero attached hydrogens (tertiary/aromatic N) is 1. The summed E-state index contributed by atoms with van der Waals surface area (Å²) in [6.07, 6.45) is 1.83. The van der Waals surface area contributed by atoms with E-state index in [1.54, 1.807) is 0 Å². The van der Waals surface area contributed by atoms with Crippen LogP contribution in [0.5, 0.6) is 0 Å². The van der Waals surface area contributed by atoms with E-state index in [1.807, 2.05) is 31.3 Å². The smallest absolute Gasteiger partial charge is 0.0635 e. The molecular formula is C9H11N. The molecule has 1 aromatic rings. The van der Waals surface area contributed by atoms with Crippen LogP contribution < -0.4 is 0 Å². The van der Waals surface area contributed by atoms with Crippen LogP contribution >= 0.6 is 0 Å². The zero-order valence-corrected chi connectivity index (χ0v) is 6.12. The SMILES string of the molecule is CC=NCc1ccccc1. The van der Waals surface area contributed by atoms with E-state index in [0.29, 0.717) is 0 Å². The van der Waals surface area contributed by atoms with Crippen LogP contribution in [-0.2, 0) is 6.54 Å². The topological polar surface area (TPSA) is 12.4 Å². The summed E-state index contributed by atoms with van der Waals surface area (Å²) in [7, 11) is 0. The lowest BCUT2D eigenvalue weighted by molar-refractivity contribution is 1.08. The summed E-state index contributed by atoms with van der Waals surface area (Å²) in [6.45, 7) is 2.74. The summed E-state index contributed by atoms with van der Waals surface area (Å²) in [6, 6.07) is 10.2. The fourth-order valence-corrected chi connectivity index (χ4v) is 0.780. The maximum atomic E-state index is 4.12. The van der Waals surface area contributed by atoms with E-state index >= 15 is 0 Å². The first kappa shape index (κ1) is 7.00. The molecule has 0 heterocycles. The molecule has 0 aliphatic heterocycles. The second-order valence-corrected chi connectivity index (χ2v) is 2.08. The van der Waals surface area contributed by atoms with Crippen LogP contribution in [0.1, 0.15) is 12.5 Å². The van der Waals surface area contributed by atoms with Crippen molar-refractivity contribution >= 4 is 6.21 Å². The van der Waals surface area contributed by atoms with Gasteiger partial charge in [-0.2, -0.15) is 0 Å². The van der Waals surface area contributed by atoms with E-state index in [2.05, 4.69) is 17.1 Å². The summed E-state index contributed by atoms with van der Waals surface area (Å²) in [4.78, 5) is 4.12. The summed E-state index contributed by atoms with van der Waals surface area (Å²) >= 11 is 0. The summed E-state index contributed by atoms with van der Waals surface area (Å²) in [5.74, 6) is 0. The summed E-state index contributed by atoms with van der Waals surface area (Å²) in [5, 5.41) is 0. The first-order chi connectivity index (χ1) is 4.93. The van der Waals surface area contributed by atoms with Crippen molar-refractivity contribution in [2.45, 2.75) is 13.5 Å². The standard InChI is InChI=1S/C9H11N/c1-2-10-8-9-6-4-3-5-7-9/h2-7H,8H2,1H3. The molecule has 0 unspecified atom stereocenters. The molecule has 0 aromatic heterocycles. The van der Waals surface area contributed by atoms with E-state index < -0.39 is 0 Å². The molecule has 1 aromatic carbocycles. The lowest BCUT2D eigenvalue weighted by Crippen LogP contribution is -1.78. The molecular weight excluding hydrogens is 122 g/mol. The maximum Gasteiger partial charge on any atom is 0.0635 e. The minimum atomic E-state index is 0.803. The number of aliphatic imine (C=N–C) groups is 1. The Morgan fingerprint density at radius 2 is 2.00 bits per heavy atom. The minimum Gasteiger partial charge on any atom is -0.293 e. The van der Waals surface area contributed by atoms with Gasteiger partial charge in [0.1, 0.15) is 0 Å². The van der Waals surface area contributed by atoms with Gasteiger partial charge < -0.3 is 0 Å². The first-order valence-electron chi connectivity index (χ1n) is 3.42. The molecule has 0 spiro atoms. The third-order valence-electron chi connectivity index (χ3n) is 1.30. The van der Waals surface area contributed by atoms with Crippen molar-refractivity contribution in [2.75, 3.05) is 0 Å². The van der Waals surface area contributed by atoms with Gasteiger partial charge in [0.25, 0.3) is 0 Å². The highest BCUT2D eigenvalue weighted by atomic mass is 14.7. The lowest BCUT2D eigenvalue weighted by atomic mass is 10.2. The third-order valence-corrected chi connectivity index (χ3v) is 1.30. The molecule has 0 radical (unpaired) electrons. The Morgan fingerprint density at radius 3 is 2.60 bits per heavy atom. The van der Waals surface area contributed by atoms with Crippen LogP contribution in [-0.4, -0.2) is 6.21 Å². The van der Waals surface area contributed by atoms with Crippen LogP contribution in [0.2, 0.25) is 0 Å². The Balaban J connectivity index is 2.59. The number of hydrogen-bond acceptors (Lipinski definition) is 1. The van der Waals surface area contributed by atoms with Crippen molar-refractivity contribution in [3.8, 4) is 0 Å². The van der Waals surface area contributed by atoms with Gasteiger partial charge in [0.05, 0.1) is 6.54 Å². The molecule has 0 fully saturated rings. The van der Waals surface area contributed by atoms with Gasteiger partial charge in [0, 0.05) is 0 Å². The van der Waals surface area contributed by atoms with Gasteiger partial charge in [-0.05, 0) is 18.7 Å². The zero-order chi connectivity index (χ0) is 7.23. The molecule has 1 nitrogen and oxygen atoms in total. The number of hydrogen-bond donors (Lipinski definition) is 0. The average Bonchev–Trinajstić information content (AvgIpc) is 2.03. The molecule has 0 aliphatic rings. The highest BCUT2D eigenvalue weighted by Crippen LogP contribution is 1.98. The van der Waals surface area contributed by atoms with Crippen molar-refractivity contribution in [2.24, 2.45) is 4.99 Å². The predicted molar refractivity (Wildman–Crippen MR) is 44.3 cm³/mol. The van der Waals surface area contributed by atoms with Gasteiger partial charge in [-0.1, -0.05) is 30.3 Å². The molecule has 0 aliphatic carbocycles. The van der Waals surface area contributed by atoms with Gasteiger partial charge in [0.15, 0.2) is 0 Å². The zero-order valence-electron chi connectivity index (χ0n) is 6.12. The minimum absolute atomic E-state index is 0.803. The molecule has 10 heavy (non-hydrogen) atoms. The molecule has 0 saturated carbocycles. The molecule has 0 atom stereocenters. The van der Waals surface area contributed by atoms with Crippen molar-refractivity contribution in [1.82, 2.24) is 0 Å². The second kappa shape index (κ2) is 3.83. The van der Waals surface area contributed by atoms with E-state index in [-0.39, 0.29) is 0 Å². The van der Waals surface area contributed by atoms with Crippen LogP contribution in [0.3, 0.4) is 0 Å². The predicted octanol–water partition coefficient (Wildman–Crippen LogP) is 2.28. The average molecular weight is 133 g/mol. The van der Waals surface area contributed by atoms with E-state index in [1.165, 1.54) is 5.56 Å². The Hall–Kier alpha value is -1.11. The van der Waals surface area contributed by atoms with Crippen molar-refractivity contribution in [3.05, 3.63) is 35.9 Å². The normalized spacial score (nSPS) is 10.5. The summed E-state index contributed by atoms with van der Waals surface area (Å²) in [5.41, 5.74) is 1.26. The molecule has 0 N–H and O–H groups in total. The third kappa shape index (κ3) is 2.02. The Morgan fingerprint density at radius 1 is 1.30 bits per heavy atom. The Kier molecular flexibility index (Phi) is 2.68. The molecule has 0 amide bonds. The monoisotopic (exact) mass is 133 g/mol. The van der Waals surface area contributed by atoms with Crippen LogP contribution in [0.25, 0.3) is 0 Å². The largest absolute Gasteiger partial charge is 0.293 e. The molecule has 1 rings (SSSR count). The van der Waals surface area contributed by atoms with Gasteiger partial charge in [-0.3, -0.25) is 4.99 Å². The molecule has 0 saturated heterocycles. The second-order valence-electron chi connectivity index (χ2n) is 2.08. The summed E-state index contributed by atoms with van der Waals surface area (Å²) < 4.78 is 0. The van der Waals surface area contributed by atoms with E-state index in [4.69, 9.17) is 0 Å². The van der Waals surface area contributed by atoms with Crippen LogP contribution in [0.4, 0.5) is 0 Å². The van der Waals surface area contributed by atoms with Crippen molar-refractivity contribution in [1.29, 1.82) is 0 Å². The van der Waals surface area contributed by atoms with E-state index in [0.717, 1.165) is 6.54 Å². The first-order valence-corrected chi connectivity index (χ1v) is 3.42. The highest BCUT2D eigenvalue weighted by molar-refractivity contribution is 5.53. The van der Waals surface area contributed by atoms with Crippen molar-refractivity contribution < 1.29 is 0 Å². The highest BCUT2D eigenvalue weighted by Gasteiger charge is 1.83. The molecule has 1 heteroatoms. The quantitative estimate of drug-likeness (QED) is 0.549.